The lowest BCUT2D eigenvalue weighted by Crippen LogP contribution is -2.53. The number of urea groups is 1. The molecular weight excluding hydrogens is 372 g/mol. The van der Waals surface area contributed by atoms with Gasteiger partial charge in [0.1, 0.15) is 13.2 Å². The number of piperidine rings is 1. The fraction of sp³-hybridized carbons (Fsp3) is 0.556. The Kier molecular flexibility index (Phi) is 7.70. The highest BCUT2D eigenvalue weighted by atomic mass is 35.5. The van der Waals surface area contributed by atoms with Crippen LogP contribution in [0.5, 0.6) is 11.5 Å². The number of likely N-dealkylation sites (N-methyl/N-ethyl adjacent to an activating group) is 1. The molecule has 2 atom stereocenters. The maximum Gasteiger partial charge on any atom is 0.325 e. The SMILES string of the molecule is CNC1CCCN(C(C)C(=O)NC(=O)Nc2ccc3c(c2)OCCO3)C1.Cl. The van der Waals surface area contributed by atoms with Crippen LogP contribution in [0.15, 0.2) is 18.2 Å². The van der Waals surface area contributed by atoms with Crippen LogP contribution in [0.25, 0.3) is 0 Å². The van der Waals surface area contributed by atoms with Gasteiger partial charge in [-0.1, -0.05) is 0 Å². The molecule has 150 valence electrons. The van der Waals surface area contributed by atoms with E-state index in [1.165, 1.54) is 0 Å². The molecule has 0 saturated carbocycles. The van der Waals surface area contributed by atoms with E-state index < -0.39 is 6.03 Å². The highest BCUT2D eigenvalue weighted by Crippen LogP contribution is 2.32. The molecule has 0 spiro atoms. The number of halogens is 1. The Morgan fingerprint density at radius 1 is 1.22 bits per heavy atom. The van der Waals surface area contributed by atoms with Gasteiger partial charge in [-0.15, -0.1) is 12.4 Å². The largest absolute Gasteiger partial charge is 0.486 e. The van der Waals surface area contributed by atoms with Crippen LogP contribution in [0.1, 0.15) is 19.8 Å². The Balaban J connectivity index is 0.00000261. The molecule has 3 rings (SSSR count). The first-order valence-corrected chi connectivity index (χ1v) is 8.99. The van der Waals surface area contributed by atoms with E-state index in [0.717, 1.165) is 25.9 Å². The molecule has 1 saturated heterocycles. The van der Waals surface area contributed by atoms with Crippen molar-refractivity contribution in [3.63, 3.8) is 0 Å². The Bertz CT molecular complexity index is 673. The van der Waals surface area contributed by atoms with Gasteiger partial charge in [-0.2, -0.15) is 0 Å². The molecule has 8 nitrogen and oxygen atoms in total. The minimum Gasteiger partial charge on any atom is -0.486 e. The summed E-state index contributed by atoms with van der Waals surface area (Å²) in [5, 5.41) is 8.33. The van der Waals surface area contributed by atoms with E-state index in [4.69, 9.17) is 9.47 Å². The molecule has 2 aliphatic rings. The first-order chi connectivity index (χ1) is 12.6. The Morgan fingerprint density at radius 2 is 1.96 bits per heavy atom. The number of amides is 3. The van der Waals surface area contributed by atoms with Crippen LogP contribution in [-0.2, 0) is 4.79 Å². The van der Waals surface area contributed by atoms with Crippen LogP contribution in [-0.4, -0.2) is 62.3 Å². The molecule has 0 radical (unpaired) electrons. The van der Waals surface area contributed by atoms with Crippen LogP contribution in [0, 0.1) is 0 Å². The number of carbonyl (C=O) groups is 2. The molecule has 1 fully saturated rings. The summed E-state index contributed by atoms with van der Waals surface area (Å²) in [6, 6.07) is 4.59. The van der Waals surface area contributed by atoms with E-state index >= 15 is 0 Å². The Hall–Kier alpha value is -2.03. The highest BCUT2D eigenvalue weighted by molar-refractivity contribution is 6.02. The molecule has 9 heteroatoms. The Labute approximate surface area is 165 Å². The van der Waals surface area contributed by atoms with Gasteiger partial charge in [0.2, 0.25) is 5.91 Å². The number of carbonyl (C=O) groups excluding carboxylic acids is 2. The van der Waals surface area contributed by atoms with Crippen molar-refractivity contribution in [2.45, 2.75) is 31.8 Å². The van der Waals surface area contributed by atoms with Crippen LogP contribution in [0.2, 0.25) is 0 Å². The van der Waals surface area contributed by atoms with Gasteiger partial charge in [0.05, 0.1) is 6.04 Å². The molecule has 3 N–H and O–H groups in total. The first kappa shape index (κ1) is 21.3. The lowest BCUT2D eigenvalue weighted by molar-refractivity contribution is -0.125. The van der Waals surface area contributed by atoms with Crippen LogP contribution >= 0.6 is 12.4 Å². The molecule has 0 aromatic heterocycles. The van der Waals surface area contributed by atoms with Crippen molar-refractivity contribution < 1.29 is 19.1 Å². The average molecular weight is 399 g/mol. The minimum atomic E-state index is -0.555. The summed E-state index contributed by atoms with van der Waals surface area (Å²) in [6.07, 6.45) is 2.14. The summed E-state index contributed by atoms with van der Waals surface area (Å²) in [6.45, 7) is 4.47. The quantitative estimate of drug-likeness (QED) is 0.713. The van der Waals surface area contributed by atoms with Gasteiger partial charge in [-0.25, -0.2) is 4.79 Å². The molecule has 2 aliphatic heterocycles. The maximum absolute atomic E-state index is 12.4. The third kappa shape index (κ3) is 5.47. The fourth-order valence-corrected chi connectivity index (χ4v) is 3.26. The van der Waals surface area contributed by atoms with Crippen LogP contribution < -0.4 is 25.4 Å². The maximum atomic E-state index is 12.4. The number of ether oxygens (including phenoxy) is 2. The van der Waals surface area contributed by atoms with Crippen molar-refractivity contribution in [3.8, 4) is 11.5 Å². The number of benzene rings is 1. The second-order valence-electron chi connectivity index (χ2n) is 6.60. The summed E-state index contributed by atoms with van der Waals surface area (Å²) in [4.78, 5) is 26.6. The summed E-state index contributed by atoms with van der Waals surface area (Å²) in [5.41, 5.74) is 0.542. The van der Waals surface area contributed by atoms with Crippen molar-refractivity contribution in [3.05, 3.63) is 18.2 Å². The number of likely N-dealkylation sites (tertiary alicyclic amines) is 1. The summed E-state index contributed by atoms with van der Waals surface area (Å²) in [7, 11) is 1.93. The number of imide groups is 1. The van der Waals surface area contributed by atoms with E-state index in [1.54, 1.807) is 18.2 Å². The number of hydrogen-bond acceptors (Lipinski definition) is 6. The molecule has 2 unspecified atom stereocenters. The number of hydrogen-bond donors (Lipinski definition) is 3. The lowest BCUT2D eigenvalue weighted by Gasteiger charge is -2.35. The highest BCUT2D eigenvalue weighted by Gasteiger charge is 2.27. The third-order valence-electron chi connectivity index (χ3n) is 4.82. The third-order valence-corrected chi connectivity index (χ3v) is 4.82. The molecular formula is C18H27ClN4O4. The second kappa shape index (κ2) is 9.77. The second-order valence-corrected chi connectivity index (χ2v) is 6.60. The van der Waals surface area contributed by atoms with Crippen molar-refractivity contribution in [1.82, 2.24) is 15.5 Å². The van der Waals surface area contributed by atoms with E-state index in [-0.39, 0.29) is 24.4 Å². The van der Waals surface area contributed by atoms with E-state index in [0.29, 0.717) is 36.4 Å². The molecule has 0 aliphatic carbocycles. The smallest absolute Gasteiger partial charge is 0.325 e. The minimum absolute atomic E-state index is 0. The number of fused-ring (bicyclic) bond motifs is 1. The van der Waals surface area contributed by atoms with E-state index in [9.17, 15) is 9.59 Å². The van der Waals surface area contributed by atoms with E-state index in [1.807, 2.05) is 14.0 Å². The van der Waals surface area contributed by atoms with Crippen molar-refractivity contribution in [1.29, 1.82) is 0 Å². The fourth-order valence-electron chi connectivity index (χ4n) is 3.26. The topological polar surface area (TPSA) is 91.9 Å². The zero-order valence-corrected chi connectivity index (χ0v) is 16.4. The van der Waals surface area contributed by atoms with Gasteiger partial charge in [0.25, 0.3) is 0 Å². The van der Waals surface area contributed by atoms with Gasteiger partial charge in [0, 0.05) is 24.3 Å². The van der Waals surface area contributed by atoms with Gasteiger partial charge in [0.15, 0.2) is 11.5 Å². The number of rotatable bonds is 4. The normalized spacial score (nSPS) is 20.1. The molecule has 3 amide bonds. The predicted octanol–water partition coefficient (Wildman–Crippen LogP) is 1.60. The summed E-state index contributed by atoms with van der Waals surface area (Å²) >= 11 is 0. The number of anilines is 1. The van der Waals surface area contributed by atoms with Gasteiger partial charge in [-0.05, 0) is 45.5 Å². The van der Waals surface area contributed by atoms with E-state index in [2.05, 4.69) is 20.9 Å². The number of nitrogens with one attached hydrogen (secondary N) is 3. The molecule has 1 aromatic rings. The van der Waals surface area contributed by atoms with Crippen molar-refractivity contribution in [2.75, 3.05) is 38.7 Å². The molecule has 0 bridgehead atoms. The standard InChI is InChI=1S/C18H26N4O4.ClH/c1-12(22-7-3-4-14(11-22)19-2)17(23)21-18(24)20-13-5-6-15-16(10-13)26-9-8-25-15;/h5-6,10,12,14,19H,3-4,7-9,11H2,1-2H3,(H2,20,21,23,24);1H. The molecule has 2 heterocycles. The lowest BCUT2D eigenvalue weighted by atomic mass is 10.0. The first-order valence-electron chi connectivity index (χ1n) is 8.99. The average Bonchev–Trinajstić information content (AvgIpc) is 2.67. The van der Waals surface area contributed by atoms with Crippen molar-refractivity contribution >= 4 is 30.0 Å². The van der Waals surface area contributed by atoms with Crippen LogP contribution in [0.3, 0.4) is 0 Å². The van der Waals surface area contributed by atoms with Gasteiger partial charge >= 0.3 is 6.03 Å². The molecule has 1 aromatic carbocycles. The summed E-state index contributed by atoms with van der Waals surface area (Å²) < 4.78 is 10.9. The Morgan fingerprint density at radius 3 is 2.70 bits per heavy atom. The number of nitrogens with zero attached hydrogens (tertiary/aromatic N) is 1. The van der Waals surface area contributed by atoms with Gasteiger partial charge < -0.3 is 20.1 Å². The van der Waals surface area contributed by atoms with Crippen molar-refractivity contribution in [2.24, 2.45) is 0 Å². The van der Waals surface area contributed by atoms with Crippen LogP contribution in [0.4, 0.5) is 10.5 Å². The zero-order valence-electron chi connectivity index (χ0n) is 15.6. The molecule has 27 heavy (non-hydrogen) atoms. The monoisotopic (exact) mass is 398 g/mol. The van der Waals surface area contributed by atoms with Gasteiger partial charge in [-0.3, -0.25) is 15.0 Å². The summed E-state index contributed by atoms with van der Waals surface area (Å²) in [5.74, 6) is 0.924. The predicted molar refractivity (Wildman–Crippen MR) is 105 cm³/mol. The zero-order chi connectivity index (χ0) is 18.5.